The molecule has 3 rings (SSSR count). The number of nitrogens with zero attached hydrogens (tertiary/aromatic N) is 6. The van der Waals surface area contributed by atoms with Crippen LogP contribution in [-0.2, 0) is 6.18 Å². The van der Waals surface area contributed by atoms with Crippen LogP contribution in [0.4, 0.5) is 30.8 Å². The van der Waals surface area contributed by atoms with E-state index in [0.717, 1.165) is 6.07 Å². The van der Waals surface area contributed by atoms with Gasteiger partial charge in [-0.1, -0.05) is 26.8 Å². The molecule has 3 aromatic heterocycles. The highest BCUT2D eigenvalue weighted by atomic mass is 19.4. The molecule has 0 amide bonds. The number of hydrogen-bond acceptors (Lipinski definition) is 8. The van der Waals surface area contributed by atoms with Gasteiger partial charge in [0.2, 0.25) is 11.9 Å². The number of alkyl halides is 3. The quantitative estimate of drug-likeness (QED) is 0.659. The summed E-state index contributed by atoms with van der Waals surface area (Å²) in [5.41, 5.74) is -0.593. The van der Waals surface area contributed by atoms with Crippen molar-refractivity contribution in [3.05, 3.63) is 42.6 Å². The summed E-state index contributed by atoms with van der Waals surface area (Å²) in [5.74, 6) is 0.339. The Labute approximate surface area is 165 Å². The van der Waals surface area contributed by atoms with Crippen LogP contribution in [0.25, 0.3) is 11.5 Å². The van der Waals surface area contributed by atoms with Crippen molar-refractivity contribution in [3.8, 4) is 11.5 Å². The lowest BCUT2D eigenvalue weighted by Gasteiger charge is -2.19. The topological polar surface area (TPSA) is 101 Å². The van der Waals surface area contributed by atoms with Crippen LogP contribution in [0.1, 0.15) is 26.5 Å². The van der Waals surface area contributed by atoms with E-state index in [-0.39, 0.29) is 28.8 Å². The molecular weight excluding hydrogens is 385 g/mol. The first-order valence-electron chi connectivity index (χ1n) is 8.67. The number of nitrogens with one attached hydrogen (secondary N) is 2. The van der Waals surface area contributed by atoms with Gasteiger partial charge in [0, 0.05) is 6.54 Å². The number of pyridine rings is 1. The van der Waals surface area contributed by atoms with E-state index in [0.29, 0.717) is 12.2 Å². The Morgan fingerprint density at radius 1 is 0.897 bits per heavy atom. The van der Waals surface area contributed by atoms with E-state index in [1.54, 1.807) is 0 Å². The molecule has 0 aliphatic heterocycles. The van der Waals surface area contributed by atoms with Gasteiger partial charge in [-0.25, -0.2) is 15.0 Å². The van der Waals surface area contributed by atoms with Crippen molar-refractivity contribution in [2.45, 2.75) is 26.9 Å². The zero-order valence-corrected chi connectivity index (χ0v) is 16.0. The van der Waals surface area contributed by atoms with Crippen molar-refractivity contribution < 1.29 is 13.2 Å². The smallest absolute Gasteiger partial charge is 0.354 e. The van der Waals surface area contributed by atoms with Crippen molar-refractivity contribution in [1.82, 2.24) is 29.9 Å². The number of anilines is 3. The van der Waals surface area contributed by atoms with Gasteiger partial charge in [0.25, 0.3) is 0 Å². The second-order valence-corrected chi connectivity index (χ2v) is 7.38. The fraction of sp³-hybridized carbons (Fsp3) is 0.333. The minimum Gasteiger partial charge on any atom is -0.354 e. The van der Waals surface area contributed by atoms with Gasteiger partial charge in [0.1, 0.15) is 17.7 Å². The summed E-state index contributed by atoms with van der Waals surface area (Å²) in [5, 5.41) is 6.00. The molecule has 8 nitrogen and oxygen atoms in total. The molecule has 29 heavy (non-hydrogen) atoms. The third kappa shape index (κ3) is 5.80. The van der Waals surface area contributed by atoms with E-state index in [4.69, 9.17) is 0 Å². The SMILES string of the molecule is CC(C)(C)CNc1nc(Nc2cncnc2)nc(-c2cccc(C(F)(F)F)n2)n1. The molecule has 0 aliphatic rings. The average Bonchev–Trinajstić information content (AvgIpc) is 2.66. The second-order valence-electron chi connectivity index (χ2n) is 7.38. The molecule has 3 aromatic rings. The highest BCUT2D eigenvalue weighted by Gasteiger charge is 2.32. The number of aromatic nitrogens is 6. The fourth-order valence-electron chi connectivity index (χ4n) is 2.18. The Morgan fingerprint density at radius 3 is 2.24 bits per heavy atom. The first-order chi connectivity index (χ1) is 13.6. The number of halogens is 3. The van der Waals surface area contributed by atoms with Gasteiger partial charge in [-0.15, -0.1) is 0 Å². The molecule has 152 valence electrons. The summed E-state index contributed by atoms with van der Waals surface area (Å²) < 4.78 is 39.1. The van der Waals surface area contributed by atoms with Gasteiger partial charge < -0.3 is 10.6 Å². The molecule has 0 bridgehead atoms. The monoisotopic (exact) mass is 404 g/mol. The Bertz CT molecular complexity index is 971. The second kappa shape index (κ2) is 7.94. The molecule has 0 spiro atoms. The molecule has 0 aromatic carbocycles. The molecule has 0 saturated carbocycles. The van der Waals surface area contributed by atoms with Crippen LogP contribution in [0.15, 0.2) is 36.9 Å². The van der Waals surface area contributed by atoms with Crippen LogP contribution in [0, 0.1) is 5.41 Å². The highest BCUT2D eigenvalue weighted by Crippen LogP contribution is 2.29. The van der Waals surface area contributed by atoms with Gasteiger partial charge in [-0.05, 0) is 17.5 Å². The predicted molar refractivity (Wildman–Crippen MR) is 101 cm³/mol. The maximum absolute atomic E-state index is 13.0. The van der Waals surface area contributed by atoms with Crippen LogP contribution in [-0.4, -0.2) is 36.4 Å². The molecule has 0 fully saturated rings. The molecule has 0 radical (unpaired) electrons. The van der Waals surface area contributed by atoms with Gasteiger partial charge in [-0.3, -0.25) is 0 Å². The molecular formula is C18H19F3N8. The maximum atomic E-state index is 13.0. The van der Waals surface area contributed by atoms with Crippen molar-refractivity contribution >= 4 is 17.6 Å². The third-order valence-electron chi connectivity index (χ3n) is 3.50. The van der Waals surface area contributed by atoms with E-state index in [9.17, 15) is 13.2 Å². The molecule has 11 heteroatoms. The van der Waals surface area contributed by atoms with Crippen molar-refractivity contribution in [1.29, 1.82) is 0 Å². The van der Waals surface area contributed by atoms with Crippen molar-refractivity contribution in [2.75, 3.05) is 17.2 Å². The Kier molecular flexibility index (Phi) is 5.57. The lowest BCUT2D eigenvalue weighted by atomic mass is 9.97. The summed E-state index contributed by atoms with van der Waals surface area (Å²) in [7, 11) is 0. The average molecular weight is 404 g/mol. The normalized spacial score (nSPS) is 11.9. The van der Waals surface area contributed by atoms with E-state index >= 15 is 0 Å². The number of rotatable bonds is 5. The largest absolute Gasteiger partial charge is 0.433 e. The van der Waals surface area contributed by atoms with Crippen molar-refractivity contribution in [2.24, 2.45) is 5.41 Å². The molecule has 0 atom stereocenters. The van der Waals surface area contributed by atoms with E-state index in [2.05, 4.69) is 40.5 Å². The van der Waals surface area contributed by atoms with Gasteiger partial charge in [-0.2, -0.15) is 28.1 Å². The lowest BCUT2D eigenvalue weighted by Crippen LogP contribution is -2.21. The van der Waals surface area contributed by atoms with Gasteiger partial charge >= 0.3 is 6.18 Å². The third-order valence-corrected chi connectivity index (χ3v) is 3.50. The minimum atomic E-state index is -4.57. The first-order valence-corrected chi connectivity index (χ1v) is 8.67. The van der Waals surface area contributed by atoms with Crippen LogP contribution in [0.2, 0.25) is 0 Å². The predicted octanol–water partition coefficient (Wildman–Crippen LogP) is 3.94. The molecule has 2 N–H and O–H groups in total. The maximum Gasteiger partial charge on any atom is 0.433 e. The summed E-state index contributed by atoms with van der Waals surface area (Å²) in [6, 6.07) is 3.56. The minimum absolute atomic E-state index is 0.00172. The standard InChI is InChI=1S/C18H19F3N8/c1-17(2,3)9-24-15-27-14(12-5-4-6-13(26-12)18(19,20)21)28-16(29-15)25-11-7-22-10-23-8-11/h4-8,10H,9H2,1-3H3,(H2,24,25,27,28,29). The molecule has 0 unspecified atom stereocenters. The van der Waals surface area contributed by atoms with Crippen LogP contribution >= 0.6 is 0 Å². The van der Waals surface area contributed by atoms with E-state index in [1.165, 1.54) is 30.9 Å². The zero-order valence-electron chi connectivity index (χ0n) is 16.0. The van der Waals surface area contributed by atoms with E-state index in [1.807, 2.05) is 20.8 Å². The number of hydrogen-bond donors (Lipinski definition) is 2. The summed E-state index contributed by atoms with van der Waals surface area (Å²) in [6.45, 7) is 6.62. The first kappa shape index (κ1) is 20.4. The van der Waals surface area contributed by atoms with Gasteiger partial charge in [0.05, 0.1) is 18.1 Å². The van der Waals surface area contributed by atoms with Crippen LogP contribution in [0.3, 0.4) is 0 Å². The zero-order chi connectivity index (χ0) is 21.1. The lowest BCUT2D eigenvalue weighted by molar-refractivity contribution is -0.141. The van der Waals surface area contributed by atoms with Crippen molar-refractivity contribution in [3.63, 3.8) is 0 Å². The Balaban J connectivity index is 2.00. The highest BCUT2D eigenvalue weighted by molar-refractivity contribution is 5.57. The summed E-state index contributed by atoms with van der Waals surface area (Å²) >= 11 is 0. The molecule has 0 aliphatic carbocycles. The van der Waals surface area contributed by atoms with Gasteiger partial charge in [0.15, 0.2) is 5.82 Å². The summed E-state index contributed by atoms with van der Waals surface area (Å²) in [4.78, 5) is 24.2. The van der Waals surface area contributed by atoms with Crippen LogP contribution in [0.5, 0.6) is 0 Å². The molecule has 3 heterocycles. The Hall–Kier alpha value is -3.37. The van der Waals surface area contributed by atoms with Crippen LogP contribution < -0.4 is 10.6 Å². The van der Waals surface area contributed by atoms with E-state index < -0.39 is 11.9 Å². The summed E-state index contributed by atoms with van der Waals surface area (Å²) in [6.07, 6.45) is -0.172. The fourth-order valence-corrected chi connectivity index (χ4v) is 2.18. The Morgan fingerprint density at radius 2 is 1.59 bits per heavy atom. The molecule has 0 saturated heterocycles.